The molecule has 1 atom stereocenters. The largest absolute Gasteiger partial charge is 0.345 e. The minimum atomic E-state index is -2.72. The van der Waals surface area contributed by atoms with Crippen LogP contribution in [0.15, 0.2) is 24.3 Å². The summed E-state index contributed by atoms with van der Waals surface area (Å²) < 4.78 is 44.1. The minimum Gasteiger partial charge on any atom is -0.318 e. The van der Waals surface area contributed by atoms with Crippen LogP contribution in [0, 0.1) is 19.7 Å². The summed E-state index contributed by atoms with van der Waals surface area (Å²) in [7, 11) is 0. The zero-order valence-corrected chi connectivity index (χ0v) is 13.7. The number of aryl methyl sites for hydroxylation is 1. The normalized spacial score (nSPS) is 18.7. The summed E-state index contributed by atoms with van der Waals surface area (Å²) in [6.07, 6.45) is 0.187. The van der Waals surface area contributed by atoms with Crippen molar-refractivity contribution in [1.82, 2.24) is 14.7 Å². The molecule has 0 amide bonds. The highest BCUT2D eigenvalue weighted by molar-refractivity contribution is 5.37. The highest BCUT2D eigenvalue weighted by atomic mass is 19.3. The molecule has 1 aromatic carbocycles. The van der Waals surface area contributed by atoms with Crippen LogP contribution in [0.5, 0.6) is 0 Å². The Balaban J connectivity index is 1.74. The zero-order valence-electron chi connectivity index (χ0n) is 13.7. The zero-order chi connectivity index (χ0) is 17.3. The molecule has 130 valence electrons. The summed E-state index contributed by atoms with van der Waals surface area (Å²) >= 11 is 0. The van der Waals surface area contributed by atoms with E-state index in [0.29, 0.717) is 19.5 Å². The van der Waals surface area contributed by atoms with Gasteiger partial charge in [-0.3, -0.25) is 4.90 Å². The average Bonchev–Trinajstić information content (AvgIpc) is 3.07. The first-order chi connectivity index (χ1) is 11.4. The van der Waals surface area contributed by atoms with Gasteiger partial charge in [-0.15, -0.1) is 0 Å². The average molecular weight is 339 g/mol. The van der Waals surface area contributed by atoms with Crippen molar-refractivity contribution in [3.63, 3.8) is 0 Å². The van der Waals surface area contributed by atoms with Gasteiger partial charge in [-0.25, -0.2) is 9.07 Å². The van der Waals surface area contributed by atoms with Gasteiger partial charge in [-0.2, -0.15) is 13.9 Å². The fraction of sp³-hybridized carbons (Fsp3) is 0.471. The van der Waals surface area contributed by atoms with Crippen molar-refractivity contribution in [3.8, 4) is 5.69 Å². The molecule has 0 bridgehead atoms. The van der Waals surface area contributed by atoms with E-state index in [0.717, 1.165) is 29.2 Å². The molecular weight excluding hydrogens is 319 g/mol. The molecule has 0 aliphatic carbocycles. The van der Waals surface area contributed by atoms with Gasteiger partial charge >= 0.3 is 6.61 Å². The third-order valence-electron chi connectivity index (χ3n) is 4.42. The lowest BCUT2D eigenvalue weighted by Crippen LogP contribution is -2.24. The van der Waals surface area contributed by atoms with Crippen LogP contribution in [0.1, 0.15) is 23.4 Å². The fourth-order valence-corrected chi connectivity index (χ4v) is 3.16. The number of benzene rings is 1. The molecule has 0 spiro atoms. The predicted octanol–water partition coefficient (Wildman–Crippen LogP) is 3.44. The minimum absolute atomic E-state index is 0.289. The molecule has 1 aliphatic heterocycles. The van der Waals surface area contributed by atoms with Crippen LogP contribution >= 0.6 is 0 Å². The Morgan fingerprint density at radius 1 is 1.25 bits per heavy atom. The second-order valence-electron chi connectivity index (χ2n) is 6.08. The molecular formula is C17H20F3N3O. The van der Waals surface area contributed by atoms with E-state index < -0.39 is 12.7 Å². The Bertz CT molecular complexity index is 700. The number of ether oxygens (including phenoxy) is 1. The molecule has 0 saturated carbocycles. The number of hydrogen-bond acceptors (Lipinski definition) is 3. The highest BCUT2D eigenvalue weighted by Gasteiger charge is 2.27. The van der Waals surface area contributed by atoms with Crippen molar-refractivity contribution in [2.45, 2.75) is 39.5 Å². The first kappa shape index (κ1) is 17.0. The summed E-state index contributed by atoms with van der Waals surface area (Å²) in [5.74, 6) is -0.289. The van der Waals surface area contributed by atoms with Crippen LogP contribution in [-0.2, 0) is 11.3 Å². The number of halogens is 3. The second kappa shape index (κ2) is 6.94. The van der Waals surface area contributed by atoms with Crippen molar-refractivity contribution in [3.05, 3.63) is 47.0 Å². The maximum Gasteiger partial charge on any atom is 0.345 e. The van der Waals surface area contributed by atoms with E-state index in [1.165, 1.54) is 12.1 Å². The lowest BCUT2D eigenvalue weighted by atomic mass is 10.2. The van der Waals surface area contributed by atoms with Gasteiger partial charge in [0.1, 0.15) is 5.82 Å². The Morgan fingerprint density at radius 2 is 1.96 bits per heavy atom. The highest BCUT2D eigenvalue weighted by Crippen LogP contribution is 2.23. The SMILES string of the molecule is Cc1nn(-c2ccc(F)cc2)c(C)c1CN1CC[C@H](OC(F)F)C1. The molecule has 0 radical (unpaired) electrons. The van der Waals surface area contributed by atoms with E-state index in [1.54, 1.807) is 16.8 Å². The maximum absolute atomic E-state index is 13.1. The number of alkyl halides is 2. The Hall–Kier alpha value is -1.86. The van der Waals surface area contributed by atoms with E-state index in [-0.39, 0.29) is 5.82 Å². The fourth-order valence-electron chi connectivity index (χ4n) is 3.16. The van der Waals surface area contributed by atoms with Gasteiger partial charge in [0.2, 0.25) is 0 Å². The third-order valence-corrected chi connectivity index (χ3v) is 4.42. The van der Waals surface area contributed by atoms with E-state index in [9.17, 15) is 13.2 Å². The maximum atomic E-state index is 13.1. The Labute approximate surface area is 138 Å². The molecule has 2 heterocycles. The molecule has 1 fully saturated rings. The summed E-state index contributed by atoms with van der Waals surface area (Å²) in [6.45, 7) is 3.01. The van der Waals surface area contributed by atoms with Crippen molar-refractivity contribution in [1.29, 1.82) is 0 Å². The number of hydrogen-bond donors (Lipinski definition) is 0. The Morgan fingerprint density at radius 3 is 2.62 bits per heavy atom. The van der Waals surface area contributed by atoms with Crippen LogP contribution in [0.4, 0.5) is 13.2 Å². The van der Waals surface area contributed by atoms with Crippen LogP contribution < -0.4 is 0 Å². The van der Waals surface area contributed by atoms with Gasteiger partial charge in [0.15, 0.2) is 0 Å². The predicted molar refractivity (Wildman–Crippen MR) is 83.8 cm³/mol. The molecule has 7 heteroatoms. The van der Waals surface area contributed by atoms with Gasteiger partial charge < -0.3 is 4.74 Å². The third kappa shape index (κ3) is 3.62. The summed E-state index contributed by atoms with van der Waals surface area (Å²) in [5.41, 5.74) is 3.72. The van der Waals surface area contributed by atoms with Crippen molar-refractivity contribution < 1.29 is 17.9 Å². The molecule has 1 saturated heterocycles. The molecule has 4 nitrogen and oxygen atoms in total. The summed E-state index contributed by atoms with van der Waals surface area (Å²) in [5, 5.41) is 4.54. The monoisotopic (exact) mass is 339 g/mol. The van der Waals surface area contributed by atoms with E-state index >= 15 is 0 Å². The number of rotatable bonds is 5. The number of nitrogens with zero attached hydrogens (tertiary/aromatic N) is 3. The molecule has 0 N–H and O–H groups in total. The molecule has 1 aromatic heterocycles. The lowest BCUT2D eigenvalue weighted by molar-refractivity contribution is -0.158. The quantitative estimate of drug-likeness (QED) is 0.836. The Kier molecular flexibility index (Phi) is 4.91. The number of aromatic nitrogens is 2. The van der Waals surface area contributed by atoms with E-state index in [4.69, 9.17) is 0 Å². The van der Waals surface area contributed by atoms with Crippen LogP contribution in [0.3, 0.4) is 0 Å². The van der Waals surface area contributed by atoms with E-state index in [1.807, 2.05) is 13.8 Å². The van der Waals surface area contributed by atoms with Gasteiger partial charge in [0.25, 0.3) is 0 Å². The van der Waals surface area contributed by atoms with Crippen molar-refractivity contribution in [2.24, 2.45) is 0 Å². The number of likely N-dealkylation sites (tertiary alicyclic amines) is 1. The molecule has 1 aliphatic rings. The van der Waals surface area contributed by atoms with E-state index in [2.05, 4.69) is 14.7 Å². The van der Waals surface area contributed by atoms with Gasteiger partial charge in [0, 0.05) is 30.9 Å². The van der Waals surface area contributed by atoms with Crippen molar-refractivity contribution >= 4 is 0 Å². The first-order valence-electron chi connectivity index (χ1n) is 7.91. The van der Waals surface area contributed by atoms with Crippen molar-refractivity contribution in [2.75, 3.05) is 13.1 Å². The summed E-state index contributed by atoms with van der Waals surface area (Å²) in [6, 6.07) is 6.16. The van der Waals surface area contributed by atoms with Crippen LogP contribution in [0.2, 0.25) is 0 Å². The summed E-state index contributed by atoms with van der Waals surface area (Å²) in [4.78, 5) is 2.10. The standard InChI is InChI=1S/C17H20F3N3O/c1-11-16(10-22-8-7-15(9-22)24-17(19)20)12(2)23(21-11)14-5-3-13(18)4-6-14/h3-6,15,17H,7-10H2,1-2H3/t15-/m0/s1. The lowest BCUT2D eigenvalue weighted by Gasteiger charge is -2.16. The van der Waals surface area contributed by atoms with Gasteiger partial charge in [0.05, 0.1) is 17.5 Å². The molecule has 24 heavy (non-hydrogen) atoms. The second-order valence-corrected chi connectivity index (χ2v) is 6.08. The van der Waals surface area contributed by atoms with Crippen LogP contribution in [0.25, 0.3) is 5.69 Å². The molecule has 2 aromatic rings. The molecule has 3 rings (SSSR count). The topological polar surface area (TPSA) is 30.3 Å². The smallest absolute Gasteiger partial charge is 0.318 e. The van der Waals surface area contributed by atoms with Gasteiger partial charge in [-0.1, -0.05) is 0 Å². The van der Waals surface area contributed by atoms with Crippen LogP contribution in [-0.4, -0.2) is 40.5 Å². The first-order valence-corrected chi connectivity index (χ1v) is 7.91. The van der Waals surface area contributed by atoms with Gasteiger partial charge in [-0.05, 0) is 44.5 Å². The molecule has 0 unspecified atom stereocenters.